The van der Waals surface area contributed by atoms with Crippen LogP contribution in [0.4, 0.5) is 17.6 Å². The molecule has 1 N–H and O–H groups in total. The van der Waals surface area contributed by atoms with Crippen molar-refractivity contribution in [2.45, 2.75) is 56.8 Å². The largest absolute Gasteiger partial charge is 0.490 e. The predicted molar refractivity (Wildman–Crippen MR) is 93.8 cm³/mol. The van der Waals surface area contributed by atoms with Crippen LogP contribution in [0.5, 0.6) is 0 Å². The van der Waals surface area contributed by atoms with Crippen LogP contribution in [-0.2, 0) is 15.0 Å². The molecule has 0 radical (unpaired) electrons. The fraction of sp³-hybridized carbons (Fsp3) is 0.688. The van der Waals surface area contributed by atoms with Gasteiger partial charge < -0.3 is 10.0 Å². The van der Waals surface area contributed by atoms with Gasteiger partial charge in [0, 0.05) is 29.8 Å². The smallest absolute Gasteiger partial charge is 0.475 e. The fourth-order valence-electron chi connectivity index (χ4n) is 2.30. The number of thiazole rings is 1. The summed E-state index contributed by atoms with van der Waals surface area (Å²) < 4.78 is 44.5. The number of nitrogens with zero attached hydrogens (tertiary/aromatic N) is 2. The van der Waals surface area contributed by atoms with E-state index in [0.717, 1.165) is 23.5 Å². The van der Waals surface area contributed by atoms with Gasteiger partial charge in [0.15, 0.2) is 0 Å². The summed E-state index contributed by atoms with van der Waals surface area (Å²) in [6.45, 7) is 7.56. The summed E-state index contributed by atoms with van der Waals surface area (Å²) in [5.41, 5.74) is -0.745. The van der Waals surface area contributed by atoms with Crippen LogP contribution in [-0.4, -0.2) is 51.8 Å². The lowest BCUT2D eigenvalue weighted by molar-refractivity contribution is -0.192. The summed E-state index contributed by atoms with van der Waals surface area (Å²) in [5.74, 6) is -3.00. The number of hydrogen-bond donors (Lipinski definition) is 1. The molecule has 5 nitrogen and oxygen atoms in total. The van der Waals surface area contributed by atoms with E-state index in [1.165, 1.54) is 4.90 Å². The SMILES string of the molecule is CC(C)(C)c1csc(C2CCN(C(=O)C(F)Cl)CC2)n1.O=C(O)C(F)(F)F. The molecule has 1 saturated heterocycles. The number of piperidine rings is 1. The molecular weight excluding hydrogens is 412 g/mol. The van der Waals surface area contributed by atoms with E-state index < -0.39 is 23.7 Å². The van der Waals surface area contributed by atoms with E-state index in [2.05, 4.69) is 26.2 Å². The number of aromatic nitrogens is 1. The van der Waals surface area contributed by atoms with Crippen molar-refractivity contribution in [3.63, 3.8) is 0 Å². The van der Waals surface area contributed by atoms with E-state index in [0.29, 0.717) is 19.0 Å². The van der Waals surface area contributed by atoms with Crippen molar-refractivity contribution in [3.05, 3.63) is 16.1 Å². The summed E-state index contributed by atoms with van der Waals surface area (Å²) in [4.78, 5) is 26.6. The Labute approximate surface area is 163 Å². The van der Waals surface area contributed by atoms with Gasteiger partial charge in [0.2, 0.25) is 0 Å². The molecule has 2 rings (SSSR count). The number of likely N-dealkylation sites (tertiary alicyclic amines) is 1. The van der Waals surface area contributed by atoms with Crippen LogP contribution in [0.25, 0.3) is 0 Å². The maximum atomic E-state index is 12.8. The molecule has 0 spiro atoms. The Bertz CT molecular complexity index is 651. The Kier molecular flexibility index (Phi) is 8.03. The molecule has 1 aliphatic rings. The normalized spacial score (nSPS) is 17.1. The topological polar surface area (TPSA) is 70.5 Å². The molecule has 0 aliphatic carbocycles. The monoisotopic (exact) mass is 432 g/mol. The maximum Gasteiger partial charge on any atom is 0.490 e. The molecule has 154 valence electrons. The standard InChI is InChI=1S/C14H20ClFN2OS.C2HF3O2/c1-14(2,3)10-8-20-12(17-10)9-4-6-18(7-5-9)13(19)11(15)16;3-2(4,5)1(6)7/h8-9,11H,4-7H2,1-3H3;(H,6,7). The first-order chi connectivity index (χ1) is 12.2. The van der Waals surface area contributed by atoms with E-state index in [1.54, 1.807) is 11.3 Å². The second-order valence-corrected chi connectivity index (χ2v) is 8.30. The van der Waals surface area contributed by atoms with Crippen LogP contribution in [0.1, 0.15) is 50.2 Å². The Hall–Kier alpha value is -1.42. The van der Waals surface area contributed by atoms with Gasteiger partial charge in [-0.1, -0.05) is 32.4 Å². The number of amides is 1. The molecule has 1 amide bonds. The molecule has 0 saturated carbocycles. The summed E-state index contributed by atoms with van der Waals surface area (Å²) in [7, 11) is 0. The number of carbonyl (C=O) groups is 2. The zero-order valence-electron chi connectivity index (χ0n) is 15.0. The fourth-order valence-corrected chi connectivity index (χ4v) is 3.66. The molecule has 1 aliphatic heterocycles. The maximum absolute atomic E-state index is 12.8. The minimum atomic E-state index is -5.08. The van der Waals surface area contributed by atoms with Gasteiger partial charge in [-0.05, 0) is 12.8 Å². The predicted octanol–water partition coefficient (Wildman–Crippen LogP) is 4.31. The summed E-state index contributed by atoms with van der Waals surface area (Å²) >= 11 is 6.88. The number of aliphatic carboxylic acids is 1. The van der Waals surface area contributed by atoms with Crippen LogP contribution in [0.2, 0.25) is 0 Å². The van der Waals surface area contributed by atoms with Crippen LogP contribution in [0, 0.1) is 0 Å². The van der Waals surface area contributed by atoms with Gasteiger partial charge in [-0.2, -0.15) is 13.2 Å². The summed E-state index contributed by atoms with van der Waals surface area (Å²) in [6, 6.07) is 0. The first-order valence-corrected chi connectivity index (χ1v) is 9.38. The minimum absolute atomic E-state index is 0.0610. The molecule has 1 aromatic heterocycles. The molecule has 1 fully saturated rings. The van der Waals surface area contributed by atoms with Crippen molar-refractivity contribution in [1.82, 2.24) is 9.88 Å². The average Bonchev–Trinajstić information content (AvgIpc) is 3.04. The molecule has 27 heavy (non-hydrogen) atoms. The van der Waals surface area contributed by atoms with Gasteiger partial charge in [-0.25, -0.2) is 14.2 Å². The van der Waals surface area contributed by atoms with Crippen molar-refractivity contribution >= 4 is 34.8 Å². The highest BCUT2D eigenvalue weighted by Gasteiger charge is 2.38. The lowest BCUT2D eigenvalue weighted by Crippen LogP contribution is -2.40. The number of alkyl halides is 5. The minimum Gasteiger partial charge on any atom is -0.475 e. The first kappa shape index (κ1) is 23.6. The van der Waals surface area contributed by atoms with Crippen LogP contribution >= 0.6 is 22.9 Å². The zero-order chi connectivity index (χ0) is 21.0. The summed E-state index contributed by atoms with van der Waals surface area (Å²) in [6.07, 6.45) is -3.43. The van der Waals surface area contributed by atoms with Gasteiger partial charge in [-0.15, -0.1) is 11.3 Å². The number of rotatable bonds is 2. The van der Waals surface area contributed by atoms with Gasteiger partial charge in [-0.3, -0.25) is 4.79 Å². The number of carboxylic acid groups (broad SMARTS) is 1. The molecular formula is C16H21ClF4N2O3S. The van der Waals surface area contributed by atoms with Crippen LogP contribution in [0.3, 0.4) is 0 Å². The number of carboxylic acids is 1. The van der Waals surface area contributed by atoms with Gasteiger partial charge in [0.1, 0.15) is 0 Å². The lowest BCUT2D eigenvalue weighted by atomic mass is 9.93. The van der Waals surface area contributed by atoms with Gasteiger partial charge in [0.25, 0.3) is 11.5 Å². The third kappa shape index (κ3) is 7.25. The second-order valence-electron chi connectivity index (χ2n) is 7.02. The Morgan fingerprint density at radius 1 is 1.30 bits per heavy atom. The molecule has 1 atom stereocenters. The van der Waals surface area contributed by atoms with Crippen molar-refractivity contribution in [2.24, 2.45) is 0 Å². The van der Waals surface area contributed by atoms with Crippen molar-refractivity contribution in [2.75, 3.05) is 13.1 Å². The highest BCUT2D eigenvalue weighted by atomic mass is 35.5. The van der Waals surface area contributed by atoms with Crippen molar-refractivity contribution < 1.29 is 32.3 Å². The number of halogens is 5. The van der Waals surface area contributed by atoms with E-state index in [-0.39, 0.29) is 5.41 Å². The molecule has 1 unspecified atom stereocenters. The van der Waals surface area contributed by atoms with E-state index in [1.807, 2.05) is 0 Å². The third-order valence-electron chi connectivity index (χ3n) is 3.88. The van der Waals surface area contributed by atoms with E-state index in [9.17, 15) is 22.4 Å². The van der Waals surface area contributed by atoms with Gasteiger partial charge in [0.05, 0.1) is 10.7 Å². The lowest BCUT2D eigenvalue weighted by Gasteiger charge is -2.31. The quantitative estimate of drug-likeness (QED) is 0.558. The van der Waals surface area contributed by atoms with Crippen LogP contribution in [0.15, 0.2) is 5.38 Å². The number of carbonyl (C=O) groups excluding carboxylic acids is 1. The highest BCUT2D eigenvalue weighted by molar-refractivity contribution is 7.09. The molecule has 2 heterocycles. The molecule has 0 bridgehead atoms. The highest BCUT2D eigenvalue weighted by Crippen LogP contribution is 2.33. The summed E-state index contributed by atoms with van der Waals surface area (Å²) in [5, 5.41) is 10.4. The van der Waals surface area contributed by atoms with Gasteiger partial charge >= 0.3 is 12.1 Å². The number of hydrogen-bond acceptors (Lipinski definition) is 4. The molecule has 0 aromatic carbocycles. The Balaban J connectivity index is 0.000000445. The van der Waals surface area contributed by atoms with Crippen molar-refractivity contribution in [3.8, 4) is 0 Å². The van der Waals surface area contributed by atoms with E-state index >= 15 is 0 Å². The van der Waals surface area contributed by atoms with Crippen molar-refractivity contribution in [1.29, 1.82) is 0 Å². The Morgan fingerprint density at radius 3 is 2.11 bits per heavy atom. The van der Waals surface area contributed by atoms with Crippen LogP contribution < -0.4 is 0 Å². The molecule has 1 aromatic rings. The second kappa shape index (κ2) is 9.18. The average molecular weight is 433 g/mol. The molecule has 11 heteroatoms. The Morgan fingerprint density at radius 2 is 1.78 bits per heavy atom. The van der Waals surface area contributed by atoms with E-state index in [4.69, 9.17) is 26.5 Å². The third-order valence-corrected chi connectivity index (χ3v) is 5.07. The first-order valence-electron chi connectivity index (χ1n) is 8.06. The zero-order valence-corrected chi connectivity index (χ0v) is 16.6.